The summed E-state index contributed by atoms with van der Waals surface area (Å²) >= 11 is 0. The van der Waals surface area contributed by atoms with Crippen LogP contribution < -0.4 is 16.0 Å². The van der Waals surface area contributed by atoms with E-state index in [0.717, 1.165) is 31.8 Å². The van der Waals surface area contributed by atoms with Gasteiger partial charge >= 0.3 is 0 Å². The molecule has 136 valence electrons. The first-order chi connectivity index (χ1) is 12.3. The average molecular weight is 344 g/mol. The first-order valence-corrected chi connectivity index (χ1v) is 9.30. The van der Waals surface area contributed by atoms with E-state index < -0.39 is 0 Å². The van der Waals surface area contributed by atoms with Gasteiger partial charge in [-0.1, -0.05) is 18.2 Å². The second kappa shape index (κ2) is 8.85. The maximum absolute atomic E-state index is 12.0. The van der Waals surface area contributed by atoms with E-state index in [1.165, 1.54) is 6.42 Å². The lowest BCUT2D eigenvalue weighted by Gasteiger charge is -2.22. The molecule has 2 bridgehead atoms. The van der Waals surface area contributed by atoms with Gasteiger partial charge in [0.1, 0.15) is 0 Å². The van der Waals surface area contributed by atoms with Gasteiger partial charge in [0.25, 0.3) is 5.91 Å². The third-order valence-electron chi connectivity index (χ3n) is 4.70. The van der Waals surface area contributed by atoms with Gasteiger partial charge in [-0.3, -0.25) is 9.79 Å². The van der Waals surface area contributed by atoms with E-state index in [-0.39, 0.29) is 5.91 Å². The largest absolute Gasteiger partial charge is 0.373 e. The van der Waals surface area contributed by atoms with Gasteiger partial charge in [0.05, 0.1) is 18.2 Å². The summed E-state index contributed by atoms with van der Waals surface area (Å²) in [5, 5.41) is 9.72. The van der Waals surface area contributed by atoms with E-state index in [0.29, 0.717) is 36.9 Å². The van der Waals surface area contributed by atoms with Gasteiger partial charge in [-0.05, 0) is 44.7 Å². The second-order valence-corrected chi connectivity index (χ2v) is 6.60. The Hall–Kier alpha value is -2.08. The molecule has 25 heavy (non-hydrogen) atoms. The van der Waals surface area contributed by atoms with E-state index in [1.807, 2.05) is 30.3 Å². The smallest absolute Gasteiger partial charge is 0.251 e. The molecule has 0 saturated carbocycles. The van der Waals surface area contributed by atoms with E-state index >= 15 is 0 Å². The quantitative estimate of drug-likeness (QED) is 0.400. The predicted octanol–water partition coefficient (Wildman–Crippen LogP) is 1.68. The van der Waals surface area contributed by atoms with Crippen molar-refractivity contribution >= 4 is 11.9 Å². The Morgan fingerprint density at radius 2 is 2.08 bits per heavy atom. The molecule has 0 radical (unpaired) electrons. The van der Waals surface area contributed by atoms with Crippen molar-refractivity contribution in [3.63, 3.8) is 0 Å². The van der Waals surface area contributed by atoms with Crippen molar-refractivity contribution in [2.45, 2.75) is 50.9 Å². The van der Waals surface area contributed by atoms with Crippen LogP contribution in [0.2, 0.25) is 0 Å². The van der Waals surface area contributed by atoms with Crippen LogP contribution in [0.3, 0.4) is 0 Å². The van der Waals surface area contributed by atoms with Crippen LogP contribution >= 0.6 is 0 Å². The van der Waals surface area contributed by atoms with Crippen molar-refractivity contribution in [3.05, 3.63) is 35.9 Å². The van der Waals surface area contributed by atoms with Crippen LogP contribution in [-0.4, -0.2) is 49.8 Å². The Labute approximate surface area is 149 Å². The van der Waals surface area contributed by atoms with Gasteiger partial charge in [-0.2, -0.15) is 0 Å². The highest BCUT2D eigenvalue weighted by atomic mass is 16.5. The Bertz CT molecular complexity index is 590. The number of rotatable bonds is 7. The number of nitrogens with zero attached hydrogens (tertiary/aromatic N) is 1. The van der Waals surface area contributed by atoms with Crippen LogP contribution in [0.1, 0.15) is 43.0 Å². The molecule has 3 N–H and O–H groups in total. The molecule has 3 atom stereocenters. The van der Waals surface area contributed by atoms with Gasteiger partial charge < -0.3 is 20.7 Å². The lowest BCUT2D eigenvalue weighted by atomic mass is 9.96. The van der Waals surface area contributed by atoms with Crippen molar-refractivity contribution in [2.75, 3.05) is 19.6 Å². The summed E-state index contributed by atoms with van der Waals surface area (Å²) in [6.45, 7) is 4.19. The van der Waals surface area contributed by atoms with Crippen molar-refractivity contribution in [3.8, 4) is 0 Å². The standard InChI is InChI=1S/C19H28N4O2/c1-2-20-19(23-16-13-15-9-10-17(16)25-15)22-12-6-11-21-18(24)14-7-4-3-5-8-14/h3-5,7-8,15-17H,2,6,9-13H2,1H3,(H,21,24)(H2,20,22,23). The fourth-order valence-electron chi connectivity index (χ4n) is 3.45. The SMILES string of the molecule is CCNC(=NCCCNC(=O)c1ccccc1)NC1CC2CCC1O2. The molecule has 0 spiro atoms. The predicted molar refractivity (Wildman–Crippen MR) is 98.8 cm³/mol. The second-order valence-electron chi connectivity index (χ2n) is 6.60. The van der Waals surface area contributed by atoms with Crippen LogP contribution in [0, 0.1) is 0 Å². The third-order valence-corrected chi connectivity index (χ3v) is 4.70. The summed E-state index contributed by atoms with van der Waals surface area (Å²) in [6, 6.07) is 9.65. The first-order valence-electron chi connectivity index (χ1n) is 9.30. The average Bonchev–Trinajstić information content (AvgIpc) is 3.25. The molecule has 6 heteroatoms. The van der Waals surface area contributed by atoms with Gasteiger partial charge in [-0.15, -0.1) is 0 Å². The molecule has 6 nitrogen and oxygen atoms in total. The number of guanidine groups is 1. The van der Waals surface area contributed by atoms with Gasteiger partial charge in [0.15, 0.2) is 5.96 Å². The summed E-state index contributed by atoms with van der Waals surface area (Å²) in [5.41, 5.74) is 0.692. The molecule has 2 aliphatic heterocycles. The molecule has 0 aliphatic carbocycles. The fourth-order valence-corrected chi connectivity index (χ4v) is 3.45. The summed E-state index contributed by atoms with van der Waals surface area (Å²) in [5.74, 6) is 0.812. The minimum absolute atomic E-state index is 0.0336. The minimum atomic E-state index is -0.0336. The molecule has 2 saturated heterocycles. The number of ether oxygens (including phenoxy) is 1. The van der Waals surface area contributed by atoms with E-state index in [4.69, 9.17) is 4.74 Å². The number of nitrogens with one attached hydrogen (secondary N) is 3. The molecule has 2 heterocycles. The van der Waals surface area contributed by atoms with Crippen molar-refractivity contribution in [1.82, 2.24) is 16.0 Å². The van der Waals surface area contributed by atoms with Gasteiger partial charge in [-0.25, -0.2) is 0 Å². The molecule has 1 aromatic carbocycles. The highest BCUT2D eigenvalue weighted by Gasteiger charge is 2.41. The minimum Gasteiger partial charge on any atom is -0.373 e. The number of fused-ring (bicyclic) bond motifs is 2. The van der Waals surface area contributed by atoms with E-state index in [2.05, 4.69) is 27.9 Å². The summed E-state index contributed by atoms with van der Waals surface area (Å²) in [4.78, 5) is 16.6. The molecule has 1 amide bonds. The molecular weight excluding hydrogens is 316 g/mol. The number of carbonyl (C=O) groups excluding carboxylic acids is 1. The zero-order valence-electron chi connectivity index (χ0n) is 14.8. The zero-order valence-corrected chi connectivity index (χ0v) is 14.8. The maximum Gasteiger partial charge on any atom is 0.251 e. The van der Waals surface area contributed by atoms with Crippen molar-refractivity contribution < 1.29 is 9.53 Å². The van der Waals surface area contributed by atoms with Crippen molar-refractivity contribution in [2.24, 2.45) is 4.99 Å². The lowest BCUT2D eigenvalue weighted by Crippen LogP contribution is -2.47. The van der Waals surface area contributed by atoms with E-state index in [9.17, 15) is 4.79 Å². The number of hydrogen-bond donors (Lipinski definition) is 3. The maximum atomic E-state index is 12.0. The number of aliphatic imine (C=N–C) groups is 1. The zero-order chi connectivity index (χ0) is 17.5. The molecule has 2 fully saturated rings. The third kappa shape index (κ3) is 4.95. The normalized spacial score (nSPS) is 25.0. The number of hydrogen-bond acceptors (Lipinski definition) is 3. The molecule has 3 unspecified atom stereocenters. The number of amides is 1. The Morgan fingerprint density at radius 1 is 1.24 bits per heavy atom. The summed E-state index contributed by atoms with van der Waals surface area (Å²) < 4.78 is 5.88. The van der Waals surface area contributed by atoms with Crippen molar-refractivity contribution in [1.29, 1.82) is 0 Å². The fraction of sp³-hybridized carbons (Fsp3) is 0.579. The van der Waals surface area contributed by atoms with E-state index in [1.54, 1.807) is 0 Å². The molecule has 0 aromatic heterocycles. The number of benzene rings is 1. The van der Waals surface area contributed by atoms with Gasteiger partial charge in [0, 0.05) is 25.2 Å². The lowest BCUT2D eigenvalue weighted by molar-refractivity contribution is 0.0953. The van der Waals surface area contributed by atoms with Crippen LogP contribution in [0.25, 0.3) is 0 Å². The van der Waals surface area contributed by atoms with Crippen LogP contribution in [-0.2, 0) is 4.74 Å². The highest BCUT2D eigenvalue weighted by molar-refractivity contribution is 5.94. The Balaban J connectivity index is 1.39. The van der Waals surface area contributed by atoms with Gasteiger partial charge in [0.2, 0.25) is 0 Å². The Kier molecular flexibility index (Phi) is 6.28. The molecule has 3 rings (SSSR count). The first kappa shape index (κ1) is 17.7. The molecule has 2 aliphatic rings. The monoisotopic (exact) mass is 344 g/mol. The summed E-state index contributed by atoms with van der Waals surface area (Å²) in [7, 11) is 0. The Morgan fingerprint density at radius 3 is 2.76 bits per heavy atom. The molecule has 1 aromatic rings. The summed E-state index contributed by atoms with van der Waals surface area (Å²) in [6.07, 6.45) is 4.98. The topological polar surface area (TPSA) is 74.8 Å². The van der Waals surface area contributed by atoms with Crippen LogP contribution in [0.5, 0.6) is 0 Å². The highest BCUT2D eigenvalue weighted by Crippen LogP contribution is 2.34. The molecular formula is C19H28N4O2. The van der Waals surface area contributed by atoms with Crippen LogP contribution in [0.4, 0.5) is 0 Å². The number of carbonyl (C=O) groups is 1. The van der Waals surface area contributed by atoms with Crippen LogP contribution in [0.15, 0.2) is 35.3 Å².